The second-order valence-electron chi connectivity index (χ2n) is 6.38. The predicted molar refractivity (Wildman–Crippen MR) is 124 cm³/mol. The van der Waals surface area contributed by atoms with Crippen LogP contribution in [0.15, 0.2) is 70.2 Å². The Morgan fingerprint density at radius 1 is 0.900 bits per heavy atom. The van der Waals surface area contributed by atoms with E-state index in [2.05, 4.69) is 26.5 Å². The number of benzene rings is 3. The van der Waals surface area contributed by atoms with E-state index in [1.54, 1.807) is 26.5 Å². The molecule has 1 N–H and O–H groups in total. The van der Waals surface area contributed by atoms with Crippen molar-refractivity contribution in [3.05, 3.63) is 86.8 Å². The maximum Gasteiger partial charge on any atom is 0.161 e. The first-order valence-corrected chi connectivity index (χ1v) is 10.4. The van der Waals surface area contributed by atoms with Gasteiger partial charge in [0.05, 0.1) is 27.0 Å². The molecule has 0 aromatic heterocycles. The molecule has 0 aliphatic rings. The summed E-state index contributed by atoms with van der Waals surface area (Å²) >= 11 is 9.59. The van der Waals surface area contributed by atoms with Gasteiger partial charge in [-0.3, -0.25) is 0 Å². The first-order chi connectivity index (χ1) is 14.6. The van der Waals surface area contributed by atoms with Crippen LogP contribution >= 0.6 is 27.5 Å². The van der Waals surface area contributed by atoms with Gasteiger partial charge in [0.25, 0.3) is 0 Å². The van der Waals surface area contributed by atoms with Crippen LogP contribution in [0.25, 0.3) is 0 Å². The van der Waals surface area contributed by atoms with Crippen LogP contribution < -0.4 is 19.6 Å². The number of hydrazone groups is 1. The molecule has 7 heteroatoms. The van der Waals surface area contributed by atoms with Crippen molar-refractivity contribution in [1.82, 2.24) is 5.43 Å². The van der Waals surface area contributed by atoms with Gasteiger partial charge in [-0.2, -0.15) is 5.10 Å². The molecule has 3 rings (SSSR count). The normalized spacial score (nSPS) is 10.8. The van der Waals surface area contributed by atoms with Gasteiger partial charge in [-0.25, -0.2) is 0 Å². The maximum atomic E-state index is 6.15. The van der Waals surface area contributed by atoms with E-state index >= 15 is 0 Å². The fraction of sp³-hybridized carbons (Fsp3) is 0.174. The zero-order valence-corrected chi connectivity index (χ0v) is 19.0. The molecule has 5 nitrogen and oxygen atoms in total. The van der Waals surface area contributed by atoms with E-state index in [1.807, 2.05) is 54.6 Å². The molecule has 3 aromatic carbocycles. The fourth-order valence-electron chi connectivity index (χ4n) is 2.74. The summed E-state index contributed by atoms with van der Waals surface area (Å²) in [5.74, 6) is 2.08. The second kappa shape index (κ2) is 10.9. The number of hydrogen-bond donors (Lipinski definition) is 1. The Bertz CT molecular complexity index is 1010. The Morgan fingerprint density at radius 3 is 2.33 bits per heavy atom. The van der Waals surface area contributed by atoms with Crippen molar-refractivity contribution in [2.45, 2.75) is 13.2 Å². The van der Waals surface area contributed by atoms with Gasteiger partial charge in [0.2, 0.25) is 0 Å². The van der Waals surface area contributed by atoms with Crippen LogP contribution in [0.2, 0.25) is 5.02 Å². The highest BCUT2D eigenvalue weighted by molar-refractivity contribution is 9.10. The zero-order valence-electron chi connectivity index (χ0n) is 16.7. The molecule has 0 aliphatic heterocycles. The van der Waals surface area contributed by atoms with E-state index in [0.717, 1.165) is 21.2 Å². The third-order valence-corrected chi connectivity index (χ3v) is 5.07. The van der Waals surface area contributed by atoms with Crippen molar-refractivity contribution in [3.63, 3.8) is 0 Å². The molecule has 0 amide bonds. The topological polar surface area (TPSA) is 52.1 Å². The highest BCUT2D eigenvalue weighted by atomic mass is 79.9. The highest BCUT2D eigenvalue weighted by Crippen LogP contribution is 2.27. The third-order valence-electron chi connectivity index (χ3n) is 4.31. The number of nitrogens with one attached hydrogen (secondary N) is 1. The highest BCUT2D eigenvalue weighted by Gasteiger charge is 2.05. The number of hydrogen-bond acceptors (Lipinski definition) is 5. The number of ether oxygens (including phenoxy) is 3. The van der Waals surface area contributed by atoms with Crippen molar-refractivity contribution in [2.75, 3.05) is 14.2 Å². The molecule has 0 aliphatic carbocycles. The van der Waals surface area contributed by atoms with Crippen molar-refractivity contribution < 1.29 is 14.2 Å². The molecule has 0 saturated heterocycles. The quantitative estimate of drug-likeness (QED) is 0.304. The van der Waals surface area contributed by atoms with Crippen molar-refractivity contribution in [2.24, 2.45) is 5.10 Å². The first kappa shape index (κ1) is 22.0. The van der Waals surface area contributed by atoms with Crippen LogP contribution in [0.4, 0.5) is 0 Å². The fourth-order valence-corrected chi connectivity index (χ4v) is 3.18. The Hall–Kier alpha value is -2.70. The van der Waals surface area contributed by atoms with Crippen LogP contribution in [0.3, 0.4) is 0 Å². The van der Waals surface area contributed by atoms with Crippen LogP contribution in [-0.2, 0) is 13.2 Å². The molecule has 30 heavy (non-hydrogen) atoms. The average Bonchev–Trinajstić information content (AvgIpc) is 2.77. The molecule has 3 aromatic rings. The van der Waals surface area contributed by atoms with E-state index in [0.29, 0.717) is 35.4 Å². The van der Waals surface area contributed by atoms with Crippen molar-refractivity contribution in [1.29, 1.82) is 0 Å². The molecule has 156 valence electrons. The van der Waals surface area contributed by atoms with Gasteiger partial charge in [0.1, 0.15) is 12.4 Å². The van der Waals surface area contributed by atoms with Crippen molar-refractivity contribution >= 4 is 33.7 Å². The smallest absolute Gasteiger partial charge is 0.161 e. The number of methoxy groups -OCH3 is 2. The largest absolute Gasteiger partial charge is 0.493 e. The molecule has 0 bridgehead atoms. The van der Waals surface area contributed by atoms with Crippen LogP contribution in [0, 0.1) is 0 Å². The summed E-state index contributed by atoms with van der Waals surface area (Å²) in [5.41, 5.74) is 5.91. The lowest BCUT2D eigenvalue weighted by atomic mass is 10.2. The minimum absolute atomic E-state index is 0.453. The molecule has 0 fully saturated rings. The van der Waals surface area contributed by atoms with Gasteiger partial charge in [-0.05, 0) is 53.6 Å². The summed E-state index contributed by atoms with van der Waals surface area (Å²) in [5, 5.41) is 4.93. The Kier molecular flexibility index (Phi) is 7.99. The number of halogens is 2. The predicted octanol–water partition coefficient (Wildman–Crippen LogP) is 5.82. The van der Waals surface area contributed by atoms with Gasteiger partial charge < -0.3 is 19.6 Å². The molecule has 0 atom stereocenters. The lowest BCUT2D eigenvalue weighted by Gasteiger charge is -2.10. The minimum atomic E-state index is 0.453. The summed E-state index contributed by atoms with van der Waals surface area (Å²) in [6, 6.07) is 19.2. The van der Waals surface area contributed by atoms with Crippen LogP contribution in [0.1, 0.15) is 16.7 Å². The average molecular weight is 490 g/mol. The summed E-state index contributed by atoms with van der Waals surface area (Å²) in [6.45, 7) is 0.987. The van der Waals surface area contributed by atoms with Crippen LogP contribution in [-0.4, -0.2) is 20.4 Å². The molecule has 0 heterocycles. The van der Waals surface area contributed by atoms with E-state index < -0.39 is 0 Å². The lowest BCUT2D eigenvalue weighted by molar-refractivity contribution is 0.306. The third kappa shape index (κ3) is 6.15. The molecule has 0 unspecified atom stereocenters. The lowest BCUT2D eigenvalue weighted by Crippen LogP contribution is -2.06. The summed E-state index contributed by atoms with van der Waals surface area (Å²) < 4.78 is 17.6. The van der Waals surface area contributed by atoms with E-state index in [-0.39, 0.29) is 0 Å². The van der Waals surface area contributed by atoms with E-state index in [4.69, 9.17) is 25.8 Å². The zero-order chi connectivity index (χ0) is 21.3. The SMILES string of the molecule is COc1ccc(CN/N=C/c2cc(Cl)ccc2OCc2ccc(Br)cc2)cc1OC. The standard InChI is InChI=1S/C23H22BrClN2O3/c1-28-22-9-5-17(11-23(22)29-2)13-26-27-14-18-12-20(25)8-10-21(18)30-15-16-3-6-19(24)7-4-16/h3-12,14,26H,13,15H2,1-2H3/b27-14+. The molecular weight excluding hydrogens is 468 g/mol. The van der Waals surface area contributed by atoms with E-state index in [1.165, 1.54) is 0 Å². The number of rotatable bonds is 9. The Morgan fingerprint density at radius 2 is 1.60 bits per heavy atom. The Labute approximate surface area is 189 Å². The van der Waals surface area contributed by atoms with E-state index in [9.17, 15) is 0 Å². The van der Waals surface area contributed by atoms with Gasteiger partial charge in [-0.15, -0.1) is 0 Å². The number of nitrogens with zero attached hydrogens (tertiary/aromatic N) is 1. The minimum Gasteiger partial charge on any atom is -0.493 e. The first-order valence-electron chi connectivity index (χ1n) is 9.22. The van der Waals surface area contributed by atoms with Gasteiger partial charge >= 0.3 is 0 Å². The second-order valence-corrected chi connectivity index (χ2v) is 7.73. The monoisotopic (exact) mass is 488 g/mol. The van der Waals surface area contributed by atoms with Gasteiger partial charge in [-0.1, -0.05) is 45.7 Å². The molecule has 0 radical (unpaired) electrons. The molecule has 0 saturated carbocycles. The molecule has 0 spiro atoms. The van der Waals surface area contributed by atoms with Gasteiger partial charge in [0, 0.05) is 15.1 Å². The summed E-state index contributed by atoms with van der Waals surface area (Å²) in [4.78, 5) is 0. The summed E-state index contributed by atoms with van der Waals surface area (Å²) in [6.07, 6.45) is 1.70. The summed E-state index contributed by atoms with van der Waals surface area (Å²) in [7, 11) is 3.23. The van der Waals surface area contributed by atoms with Gasteiger partial charge in [0.15, 0.2) is 11.5 Å². The maximum absolute atomic E-state index is 6.15. The molecular formula is C23H22BrClN2O3. The Balaban J connectivity index is 1.63. The van der Waals surface area contributed by atoms with Crippen LogP contribution in [0.5, 0.6) is 17.2 Å². The van der Waals surface area contributed by atoms with Crippen molar-refractivity contribution in [3.8, 4) is 17.2 Å².